The van der Waals surface area contributed by atoms with Gasteiger partial charge in [0.1, 0.15) is 5.82 Å². The van der Waals surface area contributed by atoms with E-state index in [0.29, 0.717) is 5.56 Å². The highest BCUT2D eigenvalue weighted by Crippen LogP contribution is 2.35. The summed E-state index contributed by atoms with van der Waals surface area (Å²) in [6.45, 7) is 2.49. The standard InChI is InChI=1S/C17H13F4NO2/c1-9-6-7-11(8-13(9)18)16(24)22-14-5-3-4-12(17(19,20)21)15(14)10(2)23/h3-8H,1-2H3,(H,22,24). The van der Waals surface area contributed by atoms with Gasteiger partial charge in [-0.05, 0) is 43.7 Å². The van der Waals surface area contributed by atoms with Crippen LogP contribution < -0.4 is 5.32 Å². The van der Waals surface area contributed by atoms with Crippen LogP contribution in [0, 0.1) is 12.7 Å². The molecule has 1 amide bonds. The van der Waals surface area contributed by atoms with E-state index in [9.17, 15) is 27.2 Å². The largest absolute Gasteiger partial charge is 0.417 e. The van der Waals surface area contributed by atoms with Crippen molar-refractivity contribution in [2.24, 2.45) is 0 Å². The quantitative estimate of drug-likeness (QED) is 0.656. The van der Waals surface area contributed by atoms with Crippen LogP contribution in [0.25, 0.3) is 0 Å². The highest BCUT2D eigenvalue weighted by Gasteiger charge is 2.35. The van der Waals surface area contributed by atoms with Crippen molar-refractivity contribution >= 4 is 17.4 Å². The Morgan fingerprint density at radius 3 is 2.29 bits per heavy atom. The fourth-order valence-corrected chi connectivity index (χ4v) is 2.20. The van der Waals surface area contributed by atoms with E-state index in [1.54, 1.807) is 0 Å². The van der Waals surface area contributed by atoms with Crippen molar-refractivity contribution < 1.29 is 27.2 Å². The van der Waals surface area contributed by atoms with Gasteiger partial charge in [0.15, 0.2) is 5.78 Å². The number of halogens is 4. The van der Waals surface area contributed by atoms with Crippen LogP contribution in [0.1, 0.15) is 38.8 Å². The summed E-state index contributed by atoms with van der Waals surface area (Å²) in [5, 5.41) is 2.24. The average Bonchev–Trinajstić information content (AvgIpc) is 2.48. The molecule has 0 fully saturated rings. The third-order valence-electron chi connectivity index (χ3n) is 3.40. The Morgan fingerprint density at radius 2 is 1.75 bits per heavy atom. The summed E-state index contributed by atoms with van der Waals surface area (Å²) in [4.78, 5) is 23.8. The number of Topliss-reactive ketones (excluding diaryl/α,β-unsaturated/α-hetero) is 1. The predicted molar refractivity (Wildman–Crippen MR) is 80.5 cm³/mol. The topological polar surface area (TPSA) is 46.2 Å². The highest BCUT2D eigenvalue weighted by molar-refractivity contribution is 6.09. The predicted octanol–water partition coefficient (Wildman–Crippen LogP) is 4.61. The molecule has 2 rings (SSSR count). The number of carbonyl (C=O) groups is 2. The lowest BCUT2D eigenvalue weighted by atomic mass is 10.0. The molecule has 7 heteroatoms. The summed E-state index contributed by atoms with van der Waals surface area (Å²) in [5.41, 5.74) is -1.78. The molecule has 0 spiro atoms. The molecular formula is C17H13F4NO2. The van der Waals surface area contributed by atoms with E-state index < -0.39 is 34.8 Å². The lowest BCUT2D eigenvalue weighted by Crippen LogP contribution is -2.18. The Labute approximate surface area is 135 Å². The maximum absolute atomic E-state index is 13.5. The number of aryl methyl sites for hydroxylation is 1. The number of rotatable bonds is 3. The number of carbonyl (C=O) groups excluding carboxylic acids is 2. The minimum absolute atomic E-state index is 0.0648. The van der Waals surface area contributed by atoms with E-state index in [2.05, 4.69) is 5.32 Å². The van der Waals surface area contributed by atoms with E-state index in [1.165, 1.54) is 25.1 Å². The van der Waals surface area contributed by atoms with Gasteiger partial charge in [0, 0.05) is 5.56 Å². The molecule has 0 aliphatic carbocycles. The van der Waals surface area contributed by atoms with Crippen LogP contribution in [-0.2, 0) is 6.18 Å². The van der Waals surface area contributed by atoms with Crippen LogP contribution in [0.5, 0.6) is 0 Å². The molecule has 24 heavy (non-hydrogen) atoms. The SMILES string of the molecule is CC(=O)c1c(NC(=O)c2ccc(C)c(F)c2)cccc1C(F)(F)F. The molecule has 0 radical (unpaired) electrons. The first-order valence-electron chi connectivity index (χ1n) is 6.90. The Balaban J connectivity index is 2.44. The number of anilines is 1. The van der Waals surface area contributed by atoms with Gasteiger partial charge in [-0.1, -0.05) is 12.1 Å². The lowest BCUT2D eigenvalue weighted by Gasteiger charge is -2.15. The van der Waals surface area contributed by atoms with E-state index in [4.69, 9.17) is 0 Å². The first kappa shape index (κ1) is 17.7. The molecule has 126 valence electrons. The highest BCUT2D eigenvalue weighted by atomic mass is 19.4. The van der Waals surface area contributed by atoms with Gasteiger partial charge in [-0.25, -0.2) is 4.39 Å². The first-order chi connectivity index (χ1) is 11.1. The molecule has 2 aromatic carbocycles. The Hall–Kier alpha value is -2.70. The molecule has 3 nitrogen and oxygen atoms in total. The van der Waals surface area contributed by atoms with Crippen molar-refractivity contribution in [2.75, 3.05) is 5.32 Å². The van der Waals surface area contributed by atoms with E-state index in [-0.39, 0.29) is 11.3 Å². The smallest absolute Gasteiger partial charge is 0.321 e. The summed E-state index contributed by atoms with van der Waals surface area (Å²) in [5.74, 6) is -2.26. The number of nitrogens with one attached hydrogen (secondary N) is 1. The van der Waals surface area contributed by atoms with Crippen LogP contribution >= 0.6 is 0 Å². The van der Waals surface area contributed by atoms with Gasteiger partial charge < -0.3 is 5.32 Å². The van der Waals surface area contributed by atoms with Crippen molar-refractivity contribution in [1.82, 2.24) is 0 Å². The summed E-state index contributed by atoms with van der Waals surface area (Å²) in [6.07, 6.45) is -4.74. The third kappa shape index (κ3) is 3.61. The molecular weight excluding hydrogens is 326 g/mol. The Morgan fingerprint density at radius 1 is 1.08 bits per heavy atom. The number of benzene rings is 2. The van der Waals surface area contributed by atoms with E-state index in [0.717, 1.165) is 25.1 Å². The second-order valence-electron chi connectivity index (χ2n) is 5.20. The van der Waals surface area contributed by atoms with Crippen molar-refractivity contribution in [1.29, 1.82) is 0 Å². The van der Waals surface area contributed by atoms with E-state index in [1.807, 2.05) is 0 Å². The molecule has 0 heterocycles. The number of ketones is 1. The Bertz CT molecular complexity index is 813. The summed E-state index contributed by atoms with van der Waals surface area (Å²) in [6, 6.07) is 6.73. The van der Waals surface area contributed by atoms with Crippen molar-refractivity contribution in [3.05, 3.63) is 64.5 Å². The fraction of sp³-hybridized carbons (Fsp3) is 0.176. The van der Waals surface area contributed by atoms with Crippen molar-refractivity contribution in [2.45, 2.75) is 20.0 Å². The second kappa shape index (κ2) is 6.43. The zero-order valence-electron chi connectivity index (χ0n) is 12.8. The second-order valence-corrected chi connectivity index (χ2v) is 5.20. The van der Waals surface area contributed by atoms with Gasteiger partial charge in [-0.2, -0.15) is 13.2 Å². The zero-order valence-corrected chi connectivity index (χ0v) is 12.8. The van der Waals surface area contributed by atoms with Crippen LogP contribution in [0.2, 0.25) is 0 Å². The van der Waals surface area contributed by atoms with Gasteiger partial charge in [-0.3, -0.25) is 9.59 Å². The molecule has 0 unspecified atom stereocenters. The van der Waals surface area contributed by atoms with Gasteiger partial charge in [-0.15, -0.1) is 0 Å². The number of amides is 1. The molecule has 0 bridgehead atoms. The minimum atomic E-state index is -4.74. The molecule has 0 saturated carbocycles. The fourth-order valence-electron chi connectivity index (χ4n) is 2.20. The van der Waals surface area contributed by atoms with Crippen molar-refractivity contribution in [3.63, 3.8) is 0 Å². The molecule has 0 aromatic heterocycles. The molecule has 0 aliphatic rings. The van der Waals surface area contributed by atoms with Gasteiger partial charge >= 0.3 is 6.18 Å². The van der Waals surface area contributed by atoms with Gasteiger partial charge in [0.2, 0.25) is 0 Å². The first-order valence-corrected chi connectivity index (χ1v) is 6.90. The lowest BCUT2D eigenvalue weighted by molar-refractivity contribution is -0.137. The van der Waals surface area contributed by atoms with Crippen LogP contribution in [0.4, 0.5) is 23.2 Å². The van der Waals surface area contributed by atoms with Gasteiger partial charge in [0.05, 0.1) is 16.8 Å². The van der Waals surface area contributed by atoms with Crippen LogP contribution in [0.15, 0.2) is 36.4 Å². The molecule has 0 aliphatic heterocycles. The average molecular weight is 339 g/mol. The van der Waals surface area contributed by atoms with Crippen LogP contribution in [-0.4, -0.2) is 11.7 Å². The monoisotopic (exact) mass is 339 g/mol. The number of alkyl halides is 3. The number of hydrogen-bond donors (Lipinski definition) is 1. The maximum atomic E-state index is 13.5. The Kier molecular flexibility index (Phi) is 4.73. The third-order valence-corrected chi connectivity index (χ3v) is 3.40. The van der Waals surface area contributed by atoms with Crippen molar-refractivity contribution in [3.8, 4) is 0 Å². The van der Waals surface area contributed by atoms with Gasteiger partial charge in [0.25, 0.3) is 5.91 Å². The summed E-state index contributed by atoms with van der Waals surface area (Å²) < 4.78 is 52.6. The van der Waals surface area contributed by atoms with E-state index >= 15 is 0 Å². The number of hydrogen-bond acceptors (Lipinski definition) is 2. The molecule has 0 saturated heterocycles. The molecule has 2 aromatic rings. The normalized spacial score (nSPS) is 11.2. The zero-order chi connectivity index (χ0) is 18.1. The minimum Gasteiger partial charge on any atom is -0.321 e. The molecule has 1 N–H and O–H groups in total. The maximum Gasteiger partial charge on any atom is 0.417 e. The summed E-state index contributed by atoms with van der Waals surface area (Å²) >= 11 is 0. The van der Waals surface area contributed by atoms with Crippen LogP contribution in [0.3, 0.4) is 0 Å². The summed E-state index contributed by atoms with van der Waals surface area (Å²) in [7, 11) is 0. The molecule has 0 atom stereocenters.